The molecule has 38 heavy (non-hydrogen) atoms. The van der Waals surface area contributed by atoms with E-state index in [1.807, 2.05) is 36.2 Å². The van der Waals surface area contributed by atoms with E-state index in [1.54, 1.807) is 0 Å². The van der Waals surface area contributed by atoms with Gasteiger partial charge in [0.15, 0.2) is 0 Å². The first-order valence-electron chi connectivity index (χ1n) is 14.4. The molecular formula is C29H47ClN4O4. The lowest BCUT2D eigenvalue weighted by molar-refractivity contribution is -0.00872. The van der Waals surface area contributed by atoms with E-state index in [4.69, 9.17) is 16.3 Å². The Morgan fingerprint density at radius 1 is 1.13 bits per heavy atom. The molecular weight excluding hydrogens is 504 g/mol. The van der Waals surface area contributed by atoms with Gasteiger partial charge in [-0.1, -0.05) is 62.8 Å². The van der Waals surface area contributed by atoms with Crippen LogP contribution in [0.15, 0.2) is 24.3 Å². The number of ether oxygens (including phenoxy) is 2. The number of likely N-dealkylation sites (N-methyl/N-ethyl adjacent to an activating group) is 1. The molecule has 1 aliphatic carbocycles. The number of amides is 3. The number of carbonyl (C=O) groups excluding carboxylic acids is 2. The first kappa shape index (κ1) is 30.5. The van der Waals surface area contributed by atoms with Crippen LogP contribution in [0.2, 0.25) is 5.02 Å². The summed E-state index contributed by atoms with van der Waals surface area (Å²) in [6.07, 6.45) is 9.62. The highest BCUT2D eigenvalue weighted by atomic mass is 35.5. The average molecular weight is 551 g/mol. The summed E-state index contributed by atoms with van der Waals surface area (Å²) in [6, 6.07) is 8.10. The van der Waals surface area contributed by atoms with E-state index >= 15 is 0 Å². The number of hydrogen-bond acceptors (Lipinski definition) is 5. The molecule has 1 saturated heterocycles. The molecule has 1 aromatic carbocycles. The third-order valence-corrected chi connectivity index (χ3v) is 8.36. The molecule has 8 nitrogen and oxygen atoms in total. The Morgan fingerprint density at radius 2 is 1.92 bits per heavy atom. The molecule has 1 heterocycles. The Balaban J connectivity index is 1.67. The molecule has 0 bridgehead atoms. The lowest BCUT2D eigenvalue weighted by Crippen LogP contribution is -2.55. The van der Waals surface area contributed by atoms with Crippen molar-refractivity contribution in [3.05, 3.63) is 34.9 Å². The Labute approximate surface area is 233 Å². The number of halogens is 1. The number of likely N-dealkylation sites (tertiary alicyclic amines) is 1. The van der Waals surface area contributed by atoms with E-state index in [1.165, 1.54) is 39.2 Å². The number of methoxy groups -OCH3 is 1. The maximum absolute atomic E-state index is 13.6. The molecule has 0 aromatic heterocycles. The van der Waals surface area contributed by atoms with E-state index in [-0.39, 0.29) is 30.1 Å². The zero-order chi connectivity index (χ0) is 27.3. The molecule has 0 unspecified atom stereocenters. The fraction of sp³-hybridized carbons (Fsp3) is 0.724. The topological polar surface area (TPSA) is 91.9 Å². The second-order valence-electron chi connectivity index (χ2n) is 10.7. The Morgan fingerprint density at radius 3 is 2.61 bits per heavy atom. The third-order valence-electron chi connectivity index (χ3n) is 8.12. The predicted molar refractivity (Wildman–Crippen MR) is 152 cm³/mol. The fourth-order valence-corrected chi connectivity index (χ4v) is 6.28. The van der Waals surface area contributed by atoms with Gasteiger partial charge in [-0.2, -0.15) is 0 Å². The summed E-state index contributed by atoms with van der Waals surface area (Å²) in [4.78, 5) is 27.0. The van der Waals surface area contributed by atoms with E-state index in [0.717, 1.165) is 37.8 Å². The number of piperidine rings is 1. The van der Waals surface area contributed by atoms with Crippen molar-refractivity contribution >= 4 is 23.7 Å². The van der Waals surface area contributed by atoms with Gasteiger partial charge >= 0.3 is 12.1 Å². The molecule has 4 atom stereocenters. The van der Waals surface area contributed by atoms with Crippen LogP contribution in [0.1, 0.15) is 76.4 Å². The van der Waals surface area contributed by atoms with Crippen molar-refractivity contribution in [3.63, 3.8) is 0 Å². The van der Waals surface area contributed by atoms with Crippen LogP contribution in [0.4, 0.5) is 9.59 Å². The van der Waals surface area contributed by atoms with Crippen LogP contribution in [0.5, 0.6) is 0 Å². The van der Waals surface area contributed by atoms with Crippen LogP contribution < -0.4 is 16.0 Å². The summed E-state index contributed by atoms with van der Waals surface area (Å²) in [6.45, 7) is 4.20. The van der Waals surface area contributed by atoms with Crippen molar-refractivity contribution in [1.82, 2.24) is 20.9 Å². The monoisotopic (exact) mass is 550 g/mol. The molecule has 0 spiro atoms. The van der Waals surface area contributed by atoms with Gasteiger partial charge in [0.1, 0.15) is 0 Å². The van der Waals surface area contributed by atoms with Gasteiger partial charge < -0.3 is 30.3 Å². The van der Waals surface area contributed by atoms with Crippen molar-refractivity contribution in [2.24, 2.45) is 11.8 Å². The minimum Gasteiger partial charge on any atom is -0.453 e. The molecule has 1 aliphatic heterocycles. The minimum absolute atomic E-state index is 0.0152. The van der Waals surface area contributed by atoms with Crippen molar-refractivity contribution in [2.75, 3.05) is 40.4 Å². The van der Waals surface area contributed by atoms with Crippen LogP contribution >= 0.6 is 11.6 Å². The summed E-state index contributed by atoms with van der Waals surface area (Å²) in [5, 5.41) is 10.2. The molecule has 9 heteroatoms. The molecule has 3 rings (SSSR count). The standard InChI is InChI=1S/C29H47ClN4O4/c1-4-25(31-2)26(18-21-10-6-5-7-11-21)33-28(35)34-16-9-13-23(20-34)27(22-12-8-14-24(30)19-22)38-17-15-32-29(36)37-3/h8,12,14,19,21,23,25-27,31H,4-7,9-11,13,15-18,20H2,1-3H3,(H,32,36)(H,33,35)/t23-,25-,26+,27+/m1/s1. The number of rotatable bonds is 12. The molecule has 3 N–H and O–H groups in total. The number of nitrogens with one attached hydrogen (secondary N) is 3. The molecule has 214 valence electrons. The molecule has 3 amide bonds. The molecule has 1 aromatic rings. The van der Waals surface area contributed by atoms with Gasteiger partial charge in [0, 0.05) is 42.7 Å². The van der Waals surface area contributed by atoms with Crippen LogP contribution in [0.3, 0.4) is 0 Å². The van der Waals surface area contributed by atoms with Gasteiger partial charge in [0.2, 0.25) is 0 Å². The summed E-state index contributed by atoms with van der Waals surface area (Å²) in [7, 11) is 3.33. The molecule has 1 saturated carbocycles. The minimum atomic E-state index is -0.483. The smallest absolute Gasteiger partial charge is 0.406 e. The Hall–Kier alpha value is -2.03. The van der Waals surface area contributed by atoms with Crippen molar-refractivity contribution in [3.8, 4) is 0 Å². The predicted octanol–water partition coefficient (Wildman–Crippen LogP) is 5.51. The fourth-order valence-electron chi connectivity index (χ4n) is 6.09. The average Bonchev–Trinajstić information content (AvgIpc) is 2.94. The highest BCUT2D eigenvalue weighted by Crippen LogP contribution is 2.34. The maximum Gasteiger partial charge on any atom is 0.406 e. The number of carbonyl (C=O) groups is 2. The number of benzene rings is 1. The molecule has 2 fully saturated rings. The second kappa shape index (κ2) is 16.2. The van der Waals surface area contributed by atoms with Gasteiger partial charge in [-0.25, -0.2) is 9.59 Å². The van der Waals surface area contributed by atoms with Gasteiger partial charge in [-0.05, 0) is 56.3 Å². The summed E-state index contributed by atoms with van der Waals surface area (Å²) < 4.78 is 11.0. The van der Waals surface area contributed by atoms with Crippen molar-refractivity contribution in [2.45, 2.75) is 82.9 Å². The van der Waals surface area contributed by atoms with Gasteiger partial charge in [0.25, 0.3) is 0 Å². The molecule has 0 radical (unpaired) electrons. The SMILES string of the molecule is CC[C@@H](NC)[C@H](CC1CCCCC1)NC(=O)N1CCC[C@@H]([C@@H](OCCNC(=O)OC)c2cccc(Cl)c2)C1. The maximum atomic E-state index is 13.6. The lowest BCUT2D eigenvalue weighted by atomic mass is 9.83. The van der Waals surface area contributed by atoms with Crippen LogP contribution in [0.25, 0.3) is 0 Å². The highest BCUT2D eigenvalue weighted by molar-refractivity contribution is 6.30. The van der Waals surface area contributed by atoms with Crippen LogP contribution in [-0.4, -0.2) is 69.5 Å². The quantitative estimate of drug-likeness (QED) is 0.298. The summed E-state index contributed by atoms with van der Waals surface area (Å²) in [5.41, 5.74) is 0.985. The first-order valence-corrected chi connectivity index (χ1v) is 14.7. The largest absolute Gasteiger partial charge is 0.453 e. The van der Waals surface area contributed by atoms with E-state index in [2.05, 4.69) is 27.6 Å². The number of urea groups is 1. The Kier molecular flexibility index (Phi) is 13.0. The van der Waals surface area contributed by atoms with E-state index in [0.29, 0.717) is 30.6 Å². The zero-order valence-corrected chi connectivity index (χ0v) is 24.1. The highest BCUT2D eigenvalue weighted by Gasteiger charge is 2.33. The summed E-state index contributed by atoms with van der Waals surface area (Å²) in [5.74, 6) is 0.805. The van der Waals surface area contributed by atoms with E-state index in [9.17, 15) is 9.59 Å². The van der Waals surface area contributed by atoms with Crippen molar-refractivity contribution < 1.29 is 19.1 Å². The molecule has 2 aliphatic rings. The van der Waals surface area contributed by atoms with Gasteiger partial charge in [0.05, 0.1) is 19.8 Å². The second-order valence-corrected chi connectivity index (χ2v) is 11.1. The normalized spacial score (nSPS) is 20.8. The lowest BCUT2D eigenvalue weighted by Gasteiger charge is -2.39. The number of hydrogen-bond donors (Lipinski definition) is 3. The third kappa shape index (κ3) is 9.31. The van der Waals surface area contributed by atoms with Crippen molar-refractivity contribution in [1.29, 1.82) is 0 Å². The van der Waals surface area contributed by atoms with E-state index < -0.39 is 6.09 Å². The van der Waals surface area contributed by atoms with Gasteiger partial charge in [-0.3, -0.25) is 0 Å². The number of alkyl carbamates (subject to hydrolysis) is 1. The van der Waals surface area contributed by atoms with Gasteiger partial charge in [-0.15, -0.1) is 0 Å². The first-order chi connectivity index (χ1) is 18.4. The Bertz CT molecular complexity index is 863. The van der Waals surface area contributed by atoms with Crippen LogP contribution in [0, 0.1) is 11.8 Å². The van der Waals surface area contributed by atoms with Crippen LogP contribution in [-0.2, 0) is 9.47 Å². The number of nitrogens with zero attached hydrogens (tertiary/aromatic N) is 1. The summed E-state index contributed by atoms with van der Waals surface area (Å²) >= 11 is 6.31. The zero-order valence-electron chi connectivity index (χ0n) is 23.3.